The van der Waals surface area contributed by atoms with Crippen molar-refractivity contribution in [2.45, 2.75) is 13.3 Å². The first-order valence-corrected chi connectivity index (χ1v) is 14.0. The molecule has 1 aliphatic rings. The smallest absolute Gasteiger partial charge is 0.258 e. The molecule has 2 amide bonds. The molecule has 1 N–H and O–H groups in total. The number of carbonyl (C=O) groups excluding carboxylic acids is 2. The quantitative estimate of drug-likeness (QED) is 0.285. The lowest BCUT2D eigenvalue weighted by Crippen LogP contribution is -2.47. The second-order valence-corrected chi connectivity index (χ2v) is 10.1. The molecule has 4 aromatic carbocycles. The van der Waals surface area contributed by atoms with Crippen LogP contribution >= 0.6 is 0 Å². The Morgan fingerprint density at radius 2 is 1.43 bits per heavy atom. The van der Waals surface area contributed by atoms with Crippen LogP contribution in [0.2, 0.25) is 0 Å². The van der Waals surface area contributed by atoms with Crippen LogP contribution in [0.5, 0.6) is 0 Å². The largest absolute Gasteiger partial charge is 0.367 e. The van der Waals surface area contributed by atoms with E-state index in [9.17, 15) is 9.59 Å². The van der Waals surface area contributed by atoms with E-state index in [1.165, 1.54) is 0 Å². The van der Waals surface area contributed by atoms with E-state index in [2.05, 4.69) is 28.1 Å². The van der Waals surface area contributed by atoms with Crippen LogP contribution in [0, 0.1) is 0 Å². The Morgan fingerprint density at radius 1 is 0.775 bits per heavy atom. The van der Waals surface area contributed by atoms with Crippen molar-refractivity contribution in [3.8, 4) is 11.1 Å². The third-order valence-corrected chi connectivity index (χ3v) is 7.45. The summed E-state index contributed by atoms with van der Waals surface area (Å²) in [4.78, 5) is 33.2. The van der Waals surface area contributed by atoms with Crippen molar-refractivity contribution in [2.24, 2.45) is 0 Å². The Bertz CT molecular complexity index is 1440. The summed E-state index contributed by atoms with van der Waals surface area (Å²) >= 11 is 0. The molecule has 1 saturated heterocycles. The molecule has 40 heavy (non-hydrogen) atoms. The minimum absolute atomic E-state index is 0.0932. The molecule has 6 nitrogen and oxygen atoms in total. The van der Waals surface area contributed by atoms with Crippen LogP contribution in [0.1, 0.15) is 34.1 Å². The van der Waals surface area contributed by atoms with Gasteiger partial charge < -0.3 is 15.1 Å². The maximum Gasteiger partial charge on any atom is 0.258 e. The Balaban J connectivity index is 1.28. The molecule has 0 bridgehead atoms. The summed E-state index contributed by atoms with van der Waals surface area (Å²) in [6.07, 6.45) is 1.16. The van der Waals surface area contributed by atoms with Crippen LogP contribution in [0.4, 0.5) is 17.1 Å². The molecule has 204 valence electrons. The van der Waals surface area contributed by atoms with E-state index < -0.39 is 0 Å². The van der Waals surface area contributed by atoms with E-state index in [1.807, 2.05) is 79.8 Å². The maximum atomic E-state index is 13.5. The summed E-state index contributed by atoms with van der Waals surface area (Å²) in [6, 6.07) is 32.6. The molecule has 4 aromatic rings. The highest BCUT2D eigenvalue weighted by Gasteiger charge is 2.22. The third kappa shape index (κ3) is 6.08. The minimum atomic E-state index is -0.191. The summed E-state index contributed by atoms with van der Waals surface area (Å²) in [7, 11) is 1.82. The number of nitrogens with one attached hydrogen (secondary N) is 1. The first-order chi connectivity index (χ1) is 19.5. The van der Waals surface area contributed by atoms with Crippen LogP contribution in [0.3, 0.4) is 0 Å². The lowest BCUT2D eigenvalue weighted by atomic mass is 9.99. The van der Waals surface area contributed by atoms with Crippen molar-refractivity contribution in [1.82, 2.24) is 4.90 Å². The number of amides is 2. The normalized spacial score (nSPS) is 13.6. The van der Waals surface area contributed by atoms with Gasteiger partial charge in [-0.15, -0.1) is 0 Å². The molecule has 1 aliphatic heterocycles. The molecule has 5 rings (SSSR count). The predicted octanol–water partition coefficient (Wildman–Crippen LogP) is 6.41. The van der Waals surface area contributed by atoms with E-state index in [4.69, 9.17) is 0 Å². The Labute approximate surface area is 236 Å². The van der Waals surface area contributed by atoms with Crippen LogP contribution in [-0.4, -0.2) is 56.5 Å². The van der Waals surface area contributed by atoms with E-state index in [0.29, 0.717) is 16.8 Å². The number of nitrogens with zero attached hydrogens (tertiary/aromatic N) is 3. The Hall–Kier alpha value is -4.42. The number of hydrogen-bond acceptors (Lipinski definition) is 4. The summed E-state index contributed by atoms with van der Waals surface area (Å²) < 4.78 is 0. The van der Waals surface area contributed by atoms with Crippen molar-refractivity contribution in [3.63, 3.8) is 0 Å². The van der Waals surface area contributed by atoms with Crippen LogP contribution in [0.15, 0.2) is 103 Å². The number of benzene rings is 4. The lowest BCUT2D eigenvalue weighted by Gasteiger charge is -2.37. The SMILES string of the molecule is CCCN1CCN(c2ccccc2N(C)C(=O)c2ccc(NC(=O)c3ccccc3-c3ccccc3)cc2)CC1. The summed E-state index contributed by atoms with van der Waals surface area (Å²) in [5, 5.41) is 2.99. The average molecular weight is 533 g/mol. The molecule has 0 saturated carbocycles. The monoisotopic (exact) mass is 532 g/mol. The van der Waals surface area contributed by atoms with Gasteiger partial charge in [-0.3, -0.25) is 14.5 Å². The van der Waals surface area contributed by atoms with Gasteiger partial charge in [0.15, 0.2) is 0 Å². The van der Waals surface area contributed by atoms with Crippen molar-refractivity contribution >= 4 is 28.9 Å². The molecular weight excluding hydrogens is 496 g/mol. The summed E-state index contributed by atoms with van der Waals surface area (Å²) in [6.45, 7) is 7.30. The highest BCUT2D eigenvalue weighted by atomic mass is 16.2. The van der Waals surface area contributed by atoms with Gasteiger partial charge in [-0.25, -0.2) is 0 Å². The highest BCUT2D eigenvalue weighted by Crippen LogP contribution is 2.31. The highest BCUT2D eigenvalue weighted by molar-refractivity contribution is 6.10. The summed E-state index contributed by atoms with van der Waals surface area (Å²) in [5.74, 6) is -0.284. The molecule has 0 radical (unpaired) electrons. The number of para-hydroxylation sites is 2. The topological polar surface area (TPSA) is 55.9 Å². The van der Waals surface area contributed by atoms with Gasteiger partial charge in [-0.1, -0.05) is 67.6 Å². The van der Waals surface area contributed by atoms with Crippen molar-refractivity contribution in [2.75, 3.05) is 54.9 Å². The molecule has 0 aromatic heterocycles. The van der Waals surface area contributed by atoms with E-state index in [0.717, 1.165) is 61.6 Å². The summed E-state index contributed by atoms with van der Waals surface area (Å²) in [5.41, 5.74) is 5.63. The van der Waals surface area contributed by atoms with Crippen molar-refractivity contribution in [3.05, 3.63) is 114 Å². The molecule has 0 spiro atoms. The standard InChI is InChI=1S/C34H36N4O2/c1-3-21-37-22-24-38(25-23-37)32-16-10-9-15-31(32)36(2)34(40)27-17-19-28(20-18-27)35-33(39)30-14-8-7-13-29(30)26-11-5-4-6-12-26/h4-20H,3,21-25H2,1-2H3,(H,35,39). The average Bonchev–Trinajstić information content (AvgIpc) is 3.02. The molecule has 6 heteroatoms. The van der Waals surface area contributed by atoms with Crippen molar-refractivity contribution in [1.29, 1.82) is 0 Å². The van der Waals surface area contributed by atoms with Crippen molar-refractivity contribution < 1.29 is 9.59 Å². The van der Waals surface area contributed by atoms with Gasteiger partial charge in [0.2, 0.25) is 0 Å². The zero-order valence-electron chi connectivity index (χ0n) is 23.2. The van der Waals surface area contributed by atoms with E-state index >= 15 is 0 Å². The molecule has 0 unspecified atom stereocenters. The number of anilines is 3. The lowest BCUT2D eigenvalue weighted by molar-refractivity contribution is 0.0991. The number of rotatable bonds is 8. The van der Waals surface area contributed by atoms with Gasteiger partial charge in [0.05, 0.1) is 11.4 Å². The molecular formula is C34H36N4O2. The fourth-order valence-electron chi connectivity index (χ4n) is 5.29. The Morgan fingerprint density at radius 3 is 2.15 bits per heavy atom. The maximum absolute atomic E-state index is 13.5. The second-order valence-electron chi connectivity index (χ2n) is 10.1. The minimum Gasteiger partial charge on any atom is -0.367 e. The molecule has 0 atom stereocenters. The van der Waals surface area contributed by atoms with Crippen LogP contribution in [-0.2, 0) is 0 Å². The van der Waals surface area contributed by atoms with Crippen LogP contribution < -0.4 is 15.1 Å². The first-order valence-electron chi connectivity index (χ1n) is 14.0. The zero-order valence-corrected chi connectivity index (χ0v) is 23.2. The van der Waals surface area contributed by atoms with Gasteiger partial charge in [-0.2, -0.15) is 0 Å². The number of piperazine rings is 1. The van der Waals surface area contributed by atoms with Gasteiger partial charge in [0.1, 0.15) is 0 Å². The van der Waals surface area contributed by atoms with E-state index in [-0.39, 0.29) is 11.8 Å². The first kappa shape index (κ1) is 27.2. The number of hydrogen-bond donors (Lipinski definition) is 1. The van der Waals surface area contributed by atoms with Gasteiger partial charge >= 0.3 is 0 Å². The fourth-order valence-corrected chi connectivity index (χ4v) is 5.29. The van der Waals surface area contributed by atoms with Gasteiger partial charge in [-0.05, 0) is 66.6 Å². The van der Waals surface area contributed by atoms with Gasteiger partial charge in [0, 0.05) is 50.0 Å². The van der Waals surface area contributed by atoms with Crippen LogP contribution in [0.25, 0.3) is 11.1 Å². The zero-order chi connectivity index (χ0) is 27.9. The molecule has 1 heterocycles. The second kappa shape index (κ2) is 12.6. The fraction of sp³-hybridized carbons (Fsp3) is 0.235. The third-order valence-electron chi connectivity index (χ3n) is 7.45. The molecule has 0 aliphatic carbocycles. The van der Waals surface area contributed by atoms with Gasteiger partial charge in [0.25, 0.3) is 11.8 Å². The predicted molar refractivity (Wildman–Crippen MR) is 164 cm³/mol. The Kier molecular flexibility index (Phi) is 8.57. The van der Waals surface area contributed by atoms with E-state index in [1.54, 1.807) is 29.2 Å². The number of carbonyl (C=O) groups is 2. The molecule has 1 fully saturated rings.